The number of hydrogen-bond acceptors (Lipinski definition) is 3. The first-order chi connectivity index (χ1) is 13.0. The van der Waals surface area contributed by atoms with Crippen molar-refractivity contribution >= 4 is 23.3 Å². The Morgan fingerprint density at radius 1 is 0.963 bits per heavy atom. The Kier molecular flexibility index (Phi) is 7.67. The lowest BCUT2D eigenvalue weighted by Gasteiger charge is -2.19. The lowest BCUT2D eigenvalue weighted by atomic mass is 10.1. The van der Waals surface area contributed by atoms with Crippen LogP contribution in [0.25, 0.3) is 0 Å². The number of benzene rings is 2. The summed E-state index contributed by atoms with van der Waals surface area (Å²) >= 11 is 0. The number of nitrogens with zero attached hydrogens (tertiary/aromatic N) is 2. The number of rotatable bonds is 8. The monoisotopic (exact) mass is 368 g/mol. The molecule has 0 aliphatic carbocycles. The van der Waals surface area contributed by atoms with Crippen LogP contribution in [-0.4, -0.2) is 51.1 Å². The highest BCUT2D eigenvalue weighted by atomic mass is 16.2. The van der Waals surface area contributed by atoms with E-state index in [4.69, 9.17) is 0 Å². The normalized spacial score (nSPS) is 10.2. The van der Waals surface area contributed by atoms with Crippen LogP contribution in [0.3, 0.4) is 0 Å². The second-order valence-electron chi connectivity index (χ2n) is 6.63. The fraction of sp³-hybridized carbons (Fsp3) is 0.333. The molecule has 27 heavy (non-hydrogen) atoms. The van der Waals surface area contributed by atoms with Gasteiger partial charge in [0, 0.05) is 52.0 Å². The first-order valence-electron chi connectivity index (χ1n) is 9.06. The molecule has 0 saturated carbocycles. The molecule has 0 fully saturated rings. The summed E-state index contributed by atoms with van der Waals surface area (Å²) in [6, 6.07) is 17.4. The van der Waals surface area contributed by atoms with Crippen LogP contribution >= 0.6 is 0 Å². The van der Waals surface area contributed by atoms with E-state index in [9.17, 15) is 9.59 Å². The van der Waals surface area contributed by atoms with Crippen molar-refractivity contribution in [2.75, 3.05) is 44.4 Å². The summed E-state index contributed by atoms with van der Waals surface area (Å²) < 4.78 is 0. The fourth-order valence-electron chi connectivity index (χ4n) is 2.60. The van der Waals surface area contributed by atoms with Crippen LogP contribution in [-0.2, 0) is 11.2 Å². The van der Waals surface area contributed by atoms with Gasteiger partial charge in [-0.3, -0.25) is 4.79 Å². The number of hydrogen-bond donors (Lipinski definition) is 2. The highest BCUT2D eigenvalue weighted by Gasteiger charge is 2.06. The molecule has 0 atom stereocenters. The Bertz CT molecular complexity index is 747. The maximum Gasteiger partial charge on any atom is 0.319 e. The fourth-order valence-corrected chi connectivity index (χ4v) is 2.60. The summed E-state index contributed by atoms with van der Waals surface area (Å²) in [7, 11) is 5.49. The average molecular weight is 368 g/mol. The summed E-state index contributed by atoms with van der Waals surface area (Å²) in [4.78, 5) is 27.5. The second kappa shape index (κ2) is 10.2. The zero-order chi connectivity index (χ0) is 19.6. The van der Waals surface area contributed by atoms with Gasteiger partial charge in [-0.1, -0.05) is 30.3 Å². The minimum Gasteiger partial charge on any atom is -0.373 e. The Hall–Kier alpha value is -3.02. The van der Waals surface area contributed by atoms with Gasteiger partial charge in [-0.15, -0.1) is 0 Å². The van der Waals surface area contributed by atoms with Crippen molar-refractivity contribution in [1.29, 1.82) is 0 Å². The van der Waals surface area contributed by atoms with E-state index < -0.39 is 0 Å². The maximum atomic E-state index is 12.1. The van der Waals surface area contributed by atoms with Gasteiger partial charge in [0.1, 0.15) is 0 Å². The zero-order valence-electron chi connectivity index (χ0n) is 16.2. The van der Waals surface area contributed by atoms with E-state index in [1.54, 1.807) is 19.0 Å². The number of anilines is 2. The molecular formula is C21H28N4O2. The molecule has 6 nitrogen and oxygen atoms in total. The van der Waals surface area contributed by atoms with Gasteiger partial charge >= 0.3 is 6.03 Å². The van der Waals surface area contributed by atoms with Crippen molar-refractivity contribution in [3.8, 4) is 0 Å². The van der Waals surface area contributed by atoms with E-state index in [1.165, 1.54) is 0 Å². The molecule has 2 N–H and O–H groups in total. The molecule has 0 radical (unpaired) electrons. The molecule has 6 heteroatoms. The third-order valence-corrected chi connectivity index (χ3v) is 4.24. The Balaban J connectivity index is 1.76. The van der Waals surface area contributed by atoms with Crippen LogP contribution in [0.5, 0.6) is 0 Å². The van der Waals surface area contributed by atoms with Crippen LogP contribution in [0.1, 0.15) is 12.0 Å². The number of likely N-dealkylation sites (N-methyl/N-ethyl adjacent to an activating group) is 1. The SMILES string of the molecule is CN(C)C(=O)CCc1cccc(NC(=O)NCCN(C)c2ccccc2)c1. The molecule has 0 spiro atoms. The average Bonchev–Trinajstić information content (AvgIpc) is 2.66. The maximum absolute atomic E-state index is 12.1. The largest absolute Gasteiger partial charge is 0.373 e. The van der Waals surface area contributed by atoms with Crippen LogP contribution in [0.2, 0.25) is 0 Å². The molecule has 0 aromatic heterocycles. The topological polar surface area (TPSA) is 64.7 Å². The van der Waals surface area contributed by atoms with Crippen LogP contribution < -0.4 is 15.5 Å². The van der Waals surface area contributed by atoms with Gasteiger partial charge < -0.3 is 20.4 Å². The van der Waals surface area contributed by atoms with Crippen LogP contribution in [0.4, 0.5) is 16.2 Å². The number of nitrogens with one attached hydrogen (secondary N) is 2. The predicted octanol–water partition coefficient (Wildman–Crippen LogP) is 2.97. The van der Waals surface area contributed by atoms with Crippen LogP contribution in [0.15, 0.2) is 54.6 Å². The van der Waals surface area contributed by atoms with Gasteiger partial charge in [0.2, 0.25) is 5.91 Å². The Morgan fingerprint density at radius 3 is 2.41 bits per heavy atom. The molecule has 0 heterocycles. The summed E-state index contributed by atoms with van der Waals surface area (Å²) in [5, 5.41) is 5.71. The number of urea groups is 1. The van der Waals surface area contributed by atoms with Gasteiger partial charge in [0.15, 0.2) is 0 Å². The molecule has 144 valence electrons. The van der Waals surface area contributed by atoms with Crippen molar-refractivity contribution in [3.05, 3.63) is 60.2 Å². The van der Waals surface area contributed by atoms with E-state index >= 15 is 0 Å². The van der Waals surface area contributed by atoms with Crippen molar-refractivity contribution in [1.82, 2.24) is 10.2 Å². The van der Waals surface area contributed by atoms with E-state index in [0.29, 0.717) is 25.9 Å². The van der Waals surface area contributed by atoms with Gasteiger partial charge in [-0.05, 0) is 36.2 Å². The number of aryl methyl sites for hydroxylation is 1. The quantitative estimate of drug-likeness (QED) is 0.753. The minimum atomic E-state index is -0.238. The highest BCUT2D eigenvalue weighted by Crippen LogP contribution is 2.13. The predicted molar refractivity (Wildman–Crippen MR) is 110 cm³/mol. The van der Waals surface area contributed by atoms with E-state index in [0.717, 1.165) is 16.9 Å². The van der Waals surface area contributed by atoms with E-state index in [1.807, 2.05) is 61.6 Å². The Morgan fingerprint density at radius 2 is 1.70 bits per heavy atom. The third-order valence-electron chi connectivity index (χ3n) is 4.24. The number of carbonyl (C=O) groups is 2. The van der Waals surface area contributed by atoms with Gasteiger partial charge in [0.25, 0.3) is 0 Å². The molecule has 2 aromatic carbocycles. The van der Waals surface area contributed by atoms with Crippen molar-refractivity contribution in [2.45, 2.75) is 12.8 Å². The molecule has 0 bridgehead atoms. The third kappa shape index (κ3) is 7.01. The molecule has 2 aromatic rings. The second-order valence-corrected chi connectivity index (χ2v) is 6.63. The minimum absolute atomic E-state index is 0.0913. The molecule has 0 unspecified atom stereocenters. The summed E-state index contributed by atoms with van der Waals surface area (Å²) in [5.74, 6) is 0.0913. The van der Waals surface area contributed by atoms with Crippen molar-refractivity contribution in [3.63, 3.8) is 0 Å². The van der Waals surface area contributed by atoms with Gasteiger partial charge in [-0.2, -0.15) is 0 Å². The van der Waals surface area contributed by atoms with Gasteiger partial charge in [0.05, 0.1) is 0 Å². The number of amides is 3. The van der Waals surface area contributed by atoms with E-state index in [-0.39, 0.29) is 11.9 Å². The molecule has 0 saturated heterocycles. The molecular weight excluding hydrogens is 340 g/mol. The molecule has 0 aliphatic rings. The summed E-state index contributed by atoms with van der Waals surface area (Å²) in [6.45, 7) is 1.25. The first kappa shape index (κ1) is 20.3. The zero-order valence-corrected chi connectivity index (χ0v) is 16.2. The summed E-state index contributed by atoms with van der Waals surface area (Å²) in [5.41, 5.74) is 2.85. The smallest absolute Gasteiger partial charge is 0.319 e. The lowest BCUT2D eigenvalue weighted by Crippen LogP contribution is -2.35. The van der Waals surface area contributed by atoms with Crippen molar-refractivity contribution in [2.24, 2.45) is 0 Å². The standard InChI is InChI=1S/C21H28N4O2/c1-24(2)20(26)13-12-17-8-7-9-18(16-17)23-21(27)22-14-15-25(3)19-10-5-4-6-11-19/h4-11,16H,12-15H2,1-3H3,(H2,22,23,27). The van der Waals surface area contributed by atoms with Crippen molar-refractivity contribution < 1.29 is 9.59 Å². The summed E-state index contributed by atoms with van der Waals surface area (Å²) in [6.07, 6.45) is 1.10. The van der Waals surface area contributed by atoms with E-state index in [2.05, 4.69) is 15.5 Å². The lowest BCUT2D eigenvalue weighted by molar-refractivity contribution is -0.128. The van der Waals surface area contributed by atoms with Crippen LogP contribution in [0, 0.1) is 0 Å². The number of carbonyl (C=O) groups excluding carboxylic acids is 2. The highest BCUT2D eigenvalue weighted by molar-refractivity contribution is 5.89. The Labute approximate surface area is 161 Å². The molecule has 2 rings (SSSR count). The molecule has 3 amide bonds. The first-order valence-corrected chi connectivity index (χ1v) is 9.06. The molecule has 0 aliphatic heterocycles. The van der Waals surface area contributed by atoms with Gasteiger partial charge in [-0.25, -0.2) is 4.79 Å². The number of para-hydroxylation sites is 1.